The molecule has 2 nitrogen and oxygen atoms in total. The van der Waals surface area contributed by atoms with Gasteiger partial charge in [-0.25, -0.2) is 4.39 Å². The first-order valence-corrected chi connectivity index (χ1v) is 6.48. The molecule has 0 radical (unpaired) electrons. The molecule has 0 amide bonds. The zero-order valence-electron chi connectivity index (χ0n) is 10.0. The van der Waals surface area contributed by atoms with Crippen molar-refractivity contribution >= 4 is 15.9 Å². The number of benzene rings is 1. The second kappa shape index (κ2) is 5.59. The summed E-state index contributed by atoms with van der Waals surface area (Å²) in [6, 6.07) is 6.75. The molecule has 4 heteroatoms. The highest BCUT2D eigenvalue weighted by Gasteiger charge is 2.13. The van der Waals surface area contributed by atoms with Crippen LogP contribution in [0.5, 0.6) is 0 Å². The Hall–Kier alpha value is -1.26. The number of rotatable bonds is 3. The number of nitrogens with zero attached hydrogens (tertiary/aromatic N) is 1. The summed E-state index contributed by atoms with van der Waals surface area (Å²) in [5, 5.41) is 0. The molecule has 1 aromatic carbocycles. The van der Waals surface area contributed by atoms with E-state index < -0.39 is 0 Å². The molecular weight excluding hydrogens is 295 g/mol. The molecular formula is C14H14BrFN2. The molecule has 1 heterocycles. The van der Waals surface area contributed by atoms with Gasteiger partial charge in [-0.1, -0.05) is 12.1 Å². The van der Waals surface area contributed by atoms with E-state index in [1.165, 1.54) is 6.07 Å². The monoisotopic (exact) mass is 308 g/mol. The van der Waals surface area contributed by atoms with E-state index in [4.69, 9.17) is 5.73 Å². The molecule has 0 aliphatic rings. The highest BCUT2D eigenvalue weighted by Crippen LogP contribution is 2.25. The van der Waals surface area contributed by atoms with Crippen LogP contribution in [0.3, 0.4) is 0 Å². The SMILES string of the molecule is Cc1cnccc1C(N)Cc1cccc(F)c1Br. The average Bonchev–Trinajstić information content (AvgIpc) is 2.35. The summed E-state index contributed by atoms with van der Waals surface area (Å²) in [6.07, 6.45) is 4.10. The largest absolute Gasteiger partial charge is 0.324 e. The summed E-state index contributed by atoms with van der Waals surface area (Å²) in [7, 11) is 0. The first kappa shape index (κ1) is 13.2. The van der Waals surface area contributed by atoms with Crippen LogP contribution in [0.25, 0.3) is 0 Å². The summed E-state index contributed by atoms with van der Waals surface area (Å²) in [5.74, 6) is -0.258. The van der Waals surface area contributed by atoms with E-state index in [0.717, 1.165) is 16.7 Å². The summed E-state index contributed by atoms with van der Waals surface area (Å²) in [5.41, 5.74) is 9.15. The predicted molar refractivity (Wildman–Crippen MR) is 73.7 cm³/mol. The molecule has 18 heavy (non-hydrogen) atoms. The molecule has 0 saturated carbocycles. The number of halogens is 2. The van der Waals surface area contributed by atoms with Crippen molar-refractivity contribution in [1.82, 2.24) is 4.98 Å². The van der Waals surface area contributed by atoms with Gasteiger partial charge in [-0.15, -0.1) is 0 Å². The summed E-state index contributed by atoms with van der Waals surface area (Å²) >= 11 is 3.26. The van der Waals surface area contributed by atoms with Crippen molar-refractivity contribution in [2.75, 3.05) is 0 Å². The van der Waals surface area contributed by atoms with Gasteiger partial charge in [0, 0.05) is 18.4 Å². The van der Waals surface area contributed by atoms with Gasteiger partial charge in [-0.3, -0.25) is 4.98 Å². The lowest BCUT2D eigenvalue weighted by Gasteiger charge is -2.15. The number of aryl methyl sites for hydroxylation is 1. The van der Waals surface area contributed by atoms with Gasteiger partial charge >= 0.3 is 0 Å². The van der Waals surface area contributed by atoms with Crippen LogP contribution in [0.2, 0.25) is 0 Å². The third-order valence-electron chi connectivity index (χ3n) is 2.93. The Morgan fingerprint density at radius 1 is 1.39 bits per heavy atom. The lowest BCUT2D eigenvalue weighted by atomic mass is 9.97. The second-order valence-electron chi connectivity index (χ2n) is 4.26. The van der Waals surface area contributed by atoms with Gasteiger partial charge in [-0.2, -0.15) is 0 Å². The Kier molecular flexibility index (Phi) is 4.09. The van der Waals surface area contributed by atoms with E-state index in [1.54, 1.807) is 18.5 Å². The fourth-order valence-electron chi connectivity index (χ4n) is 1.95. The Bertz CT molecular complexity index is 557. The van der Waals surface area contributed by atoms with Crippen LogP contribution >= 0.6 is 15.9 Å². The normalized spacial score (nSPS) is 12.4. The molecule has 2 N–H and O–H groups in total. The molecule has 1 aromatic heterocycles. The van der Waals surface area contributed by atoms with E-state index in [9.17, 15) is 4.39 Å². The molecule has 0 aliphatic carbocycles. The number of aromatic nitrogens is 1. The first-order chi connectivity index (χ1) is 8.59. The zero-order chi connectivity index (χ0) is 13.1. The zero-order valence-corrected chi connectivity index (χ0v) is 11.6. The Labute approximate surface area is 114 Å². The van der Waals surface area contributed by atoms with Gasteiger partial charge in [0.2, 0.25) is 0 Å². The van der Waals surface area contributed by atoms with Gasteiger partial charge in [0.15, 0.2) is 0 Å². The van der Waals surface area contributed by atoms with Crippen molar-refractivity contribution < 1.29 is 4.39 Å². The third-order valence-corrected chi connectivity index (χ3v) is 3.82. The van der Waals surface area contributed by atoms with Gasteiger partial charge in [0.05, 0.1) is 4.47 Å². The van der Waals surface area contributed by atoms with Crippen LogP contribution < -0.4 is 5.73 Å². The minimum Gasteiger partial charge on any atom is -0.324 e. The Morgan fingerprint density at radius 2 is 2.17 bits per heavy atom. The number of nitrogens with two attached hydrogens (primary N) is 1. The predicted octanol–water partition coefficient (Wildman–Crippen LogP) is 3.53. The maximum Gasteiger partial charge on any atom is 0.137 e. The van der Waals surface area contributed by atoms with Gasteiger partial charge in [-0.05, 0) is 58.1 Å². The quantitative estimate of drug-likeness (QED) is 0.942. The molecule has 0 aliphatic heterocycles. The topological polar surface area (TPSA) is 38.9 Å². The molecule has 0 bridgehead atoms. The van der Waals surface area contributed by atoms with Crippen molar-refractivity contribution in [3.63, 3.8) is 0 Å². The van der Waals surface area contributed by atoms with Crippen LogP contribution in [-0.4, -0.2) is 4.98 Å². The van der Waals surface area contributed by atoms with E-state index in [-0.39, 0.29) is 11.9 Å². The summed E-state index contributed by atoms with van der Waals surface area (Å²) in [4.78, 5) is 4.04. The lowest BCUT2D eigenvalue weighted by Crippen LogP contribution is -2.15. The standard InChI is InChI=1S/C14H14BrFN2/c1-9-8-18-6-5-11(9)13(17)7-10-3-2-4-12(16)14(10)15/h2-6,8,13H,7,17H2,1H3. The number of pyridine rings is 1. The fourth-order valence-corrected chi connectivity index (χ4v) is 2.38. The van der Waals surface area contributed by atoms with Crippen molar-refractivity contribution in [1.29, 1.82) is 0 Å². The third kappa shape index (κ3) is 2.76. The highest BCUT2D eigenvalue weighted by molar-refractivity contribution is 9.10. The fraction of sp³-hybridized carbons (Fsp3) is 0.214. The van der Waals surface area contributed by atoms with E-state index in [1.807, 2.05) is 19.1 Å². The molecule has 1 unspecified atom stereocenters. The van der Waals surface area contributed by atoms with Crippen LogP contribution in [0.4, 0.5) is 4.39 Å². The molecule has 1 atom stereocenters. The van der Waals surface area contributed by atoms with Crippen molar-refractivity contribution in [3.8, 4) is 0 Å². The minimum absolute atomic E-state index is 0.161. The van der Waals surface area contributed by atoms with Crippen LogP contribution in [0, 0.1) is 12.7 Å². The first-order valence-electron chi connectivity index (χ1n) is 5.68. The van der Waals surface area contributed by atoms with Crippen LogP contribution in [0.15, 0.2) is 41.1 Å². The van der Waals surface area contributed by atoms with E-state index >= 15 is 0 Å². The maximum atomic E-state index is 13.4. The smallest absolute Gasteiger partial charge is 0.137 e. The van der Waals surface area contributed by atoms with Gasteiger partial charge in [0.25, 0.3) is 0 Å². The number of hydrogen-bond donors (Lipinski definition) is 1. The maximum absolute atomic E-state index is 13.4. The molecule has 0 spiro atoms. The van der Waals surface area contributed by atoms with Crippen molar-refractivity contribution in [2.24, 2.45) is 5.73 Å². The van der Waals surface area contributed by atoms with Crippen LogP contribution in [-0.2, 0) is 6.42 Å². The van der Waals surface area contributed by atoms with Crippen molar-refractivity contribution in [3.05, 3.63) is 63.6 Å². The lowest BCUT2D eigenvalue weighted by molar-refractivity contribution is 0.614. The molecule has 94 valence electrons. The Morgan fingerprint density at radius 3 is 2.89 bits per heavy atom. The molecule has 0 fully saturated rings. The van der Waals surface area contributed by atoms with E-state index in [2.05, 4.69) is 20.9 Å². The van der Waals surface area contributed by atoms with Crippen LogP contribution in [0.1, 0.15) is 22.7 Å². The minimum atomic E-state index is -0.258. The van der Waals surface area contributed by atoms with Gasteiger partial charge in [0.1, 0.15) is 5.82 Å². The molecule has 2 rings (SSSR count). The van der Waals surface area contributed by atoms with Crippen molar-refractivity contribution in [2.45, 2.75) is 19.4 Å². The summed E-state index contributed by atoms with van der Waals surface area (Å²) < 4.78 is 13.9. The highest BCUT2D eigenvalue weighted by atomic mass is 79.9. The van der Waals surface area contributed by atoms with Gasteiger partial charge < -0.3 is 5.73 Å². The Balaban J connectivity index is 2.24. The van der Waals surface area contributed by atoms with E-state index in [0.29, 0.717) is 10.9 Å². The average molecular weight is 309 g/mol. The number of hydrogen-bond acceptors (Lipinski definition) is 2. The second-order valence-corrected chi connectivity index (χ2v) is 5.05. The molecule has 2 aromatic rings. The molecule has 0 saturated heterocycles. The summed E-state index contributed by atoms with van der Waals surface area (Å²) in [6.45, 7) is 1.98.